The van der Waals surface area contributed by atoms with Crippen LogP contribution >= 0.6 is 11.6 Å². The molecule has 0 amide bonds. The van der Waals surface area contributed by atoms with Gasteiger partial charge in [-0.2, -0.15) is 5.10 Å². The Morgan fingerprint density at radius 3 is 2.70 bits per heavy atom. The Morgan fingerprint density at radius 1 is 1.35 bits per heavy atom. The fraction of sp³-hybridized carbons (Fsp3) is 0.231. The molecule has 0 saturated carbocycles. The molecular weight excluding hydrogens is 288 g/mol. The standard InChI is InChI=1S/C13H12ClF2N3O/c1-7(8-3-4-9(15)10(16)5-8)18-11-6-17-19(2)13(20)12(11)14/h3-7,18H,1-2H3/t7-/m0/s1. The molecule has 1 N–H and O–H groups in total. The molecule has 0 aliphatic rings. The van der Waals surface area contributed by atoms with E-state index in [-0.39, 0.29) is 11.1 Å². The lowest BCUT2D eigenvalue weighted by Gasteiger charge is -2.16. The third-order valence-electron chi connectivity index (χ3n) is 2.89. The van der Waals surface area contributed by atoms with Crippen molar-refractivity contribution in [3.05, 3.63) is 57.0 Å². The van der Waals surface area contributed by atoms with Crippen molar-refractivity contribution in [3.63, 3.8) is 0 Å². The maximum absolute atomic E-state index is 13.2. The van der Waals surface area contributed by atoms with Crippen molar-refractivity contribution >= 4 is 17.3 Å². The fourth-order valence-electron chi connectivity index (χ4n) is 1.71. The van der Waals surface area contributed by atoms with Crippen LogP contribution in [0.25, 0.3) is 0 Å². The number of nitrogens with zero attached hydrogens (tertiary/aromatic N) is 2. The third-order valence-corrected chi connectivity index (χ3v) is 3.26. The van der Waals surface area contributed by atoms with Crippen molar-refractivity contribution in [2.75, 3.05) is 5.32 Å². The molecule has 0 aliphatic carbocycles. The molecule has 106 valence electrons. The van der Waals surface area contributed by atoms with Crippen molar-refractivity contribution < 1.29 is 8.78 Å². The van der Waals surface area contributed by atoms with Crippen LogP contribution in [0.1, 0.15) is 18.5 Å². The van der Waals surface area contributed by atoms with Crippen LogP contribution < -0.4 is 10.9 Å². The Morgan fingerprint density at radius 2 is 2.05 bits per heavy atom. The Labute approximate surface area is 119 Å². The minimum absolute atomic E-state index is 0.00284. The van der Waals surface area contributed by atoms with Gasteiger partial charge in [-0.05, 0) is 24.6 Å². The molecule has 0 radical (unpaired) electrons. The van der Waals surface area contributed by atoms with Crippen LogP contribution in [0, 0.1) is 11.6 Å². The lowest BCUT2D eigenvalue weighted by atomic mass is 10.1. The van der Waals surface area contributed by atoms with Crippen LogP contribution in [0.3, 0.4) is 0 Å². The zero-order valence-electron chi connectivity index (χ0n) is 10.8. The lowest BCUT2D eigenvalue weighted by Crippen LogP contribution is -2.21. The van der Waals surface area contributed by atoms with Crippen LogP contribution in [0.2, 0.25) is 5.02 Å². The number of hydrogen-bond donors (Lipinski definition) is 1. The van der Waals surface area contributed by atoms with Crippen LogP contribution in [-0.2, 0) is 7.05 Å². The molecule has 1 heterocycles. The molecule has 0 bridgehead atoms. The monoisotopic (exact) mass is 299 g/mol. The zero-order chi connectivity index (χ0) is 14.9. The van der Waals surface area contributed by atoms with Gasteiger partial charge in [0.1, 0.15) is 5.02 Å². The Bertz CT molecular complexity index is 703. The Hall–Kier alpha value is -1.95. The molecule has 1 atom stereocenters. The lowest BCUT2D eigenvalue weighted by molar-refractivity contribution is 0.506. The molecule has 7 heteroatoms. The summed E-state index contributed by atoms with van der Waals surface area (Å²) in [5, 5.41) is 6.78. The molecule has 2 aromatic rings. The highest BCUT2D eigenvalue weighted by Crippen LogP contribution is 2.23. The van der Waals surface area contributed by atoms with Gasteiger partial charge in [0, 0.05) is 13.1 Å². The number of anilines is 1. The zero-order valence-corrected chi connectivity index (χ0v) is 11.6. The van der Waals surface area contributed by atoms with Gasteiger partial charge in [-0.1, -0.05) is 17.7 Å². The van der Waals surface area contributed by atoms with E-state index < -0.39 is 17.2 Å². The molecule has 20 heavy (non-hydrogen) atoms. The van der Waals surface area contributed by atoms with E-state index in [0.717, 1.165) is 16.8 Å². The third kappa shape index (κ3) is 2.80. The molecule has 2 rings (SSSR count). The minimum Gasteiger partial charge on any atom is -0.376 e. The van der Waals surface area contributed by atoms with Gasteiger partial charge in [0.05, 0.1) is 11.9 Å². The largest absolute Gasteiger partial charge is 0.376 e. The molecule has 1 aromatic carbocycles. The summed E-state index contributed by atoms with van der Waals surface area (Å²) in [6.07, 6.45) is 1.40. The highest BCUT2D eigenvalue weighted by Gasteiger charge is 2.13. The summed E-state index contributed by atoms with van der Waals surface area (Å²) >= 11 is 5.92. The number of halogens is 3. The molecule has 0 fully saturated rings. The molecule has 0 saturated heterocycles. The number of nitrogens with one attached hydrogen (secondary N) is 1. The normalized spacial score (nSPS) is 12.2. The van der Waals surface area contributed by atoms with Crippen molar-refractivity contribution in [3.8, 4) is 0 Å². The molecule has 1 aromatic heterocycles. The first-order valence-corrected chi connectivity index (χ1v) is 6.21. The van der Waals surface area contributed by atoms with E-state index in [1.54, 1.807) is 6.92 Å². The molecule has 4 nitrogen and oxygen atoms in total. The van der Waals surface area contributed by atoms with Crippen molar-refractivity contribution in [1.82, 2.24) is 9.78 Å². The summed E-state index contributed by atoms with van der Waals surface area (Å²) < 4.78 is 27.2. The smallest absolute Gasteiger partial charge is 0.287 e. The van der Waals surface area contributed by atoms with Gasteiger partial charge in [0.25, 0.3) is 5.56 Å². The second-order valence-electron chi connectivity index (χ2n) is 4.34. The fourth-order valence-corrected chi connectivity index (χ4v) is 1.94. The second-order valence-corrected chi connectivity index (χ2v) is 4.72. The second kappa shape index (κ2) is 5.58. The summed E-state index contributed by atoms with van der Waals surface area (Å²) in [4.78, 5) is 11.6. The average Bonchev–Trinajstić information content (AvgIpc) is 2.42. The summed E-state index contributed by atoms with van der Waals surface area (Å²) in [5.41, 5.74) is 0.432. The summed E-state index contributed by atoms with van der Waals surface area (Å²) in [6, 6.07) is 3.23. The first kappa shape index (κ1) is 14.5. The number of rotatable bonds is 3. The van der Waals surface area contributed by atoms with Crippen molar-refractivity contribution in [2.24, 2.45) is 7.05 Å². The highest BCUT2D eigenvalue weighted by atomic mass is 35.5. The summed E-state index contributed by atoms with van der Waals surface area (Å²) in [5.74, 6) is -1.83. The number of aryl methyl sites for hydroxylation is 1. The summed E-state index contributed by atoms with van der Waals surface area (Å²) in [6.45, 7) is 1.74. The van der Waals surface area contributed by atoms with Gasteiger partial charge in [-0.3, -0.25) is 4.79 Å². The maximum atomic E-state index is 13.2. The predicted molar refractivity (Wildman–Crippen MR) is 72.9 cm³/mol. The topological polar surface area (TPSA) is 46.9 Å². The van der Waals surface area contributed by atoms with Crippen LogP contribution in [0.15, 0.2) is 29.2 Å². The molecule has 0 aliphatic heterocycles. The van der Waals surface area contributed by atoms with Gasteiger partial charge < -0.3 is 5.32 Å². The van der Waals surface area contributed by atoms with E-state index in [2.05, 4.69) is 10.4 Å². The SMILES string of the molecule is C[C@H](Nc1cnn(C)c(=O)c1Cl)c1ccc(F)c(F)c1. The quantitative estimate of drug-likeness (QED) is 0.948. The van der Waals surface area contributed by atoms with Crippen molar-refractivity contribution in [1.29, 1.82) is 0 Å². The van der Waals surface area contributed by atoms with E-state index >= 15 is 0 Å². The minimum atomic E-state index is -0.927. The van der Waals surface area contributed by atoms with E-state index in [4.69, 9.17) is 11.6 Å². The Kier molecular flexibility index (Phi) is 4.04. The van der Waals surface area contributed by atoms with Crippen LogP contribution in [0.4, 0.5) is 14.5 Å². The summed E-state index contributed by atoms with van der Waals surface area (Å²) in [7, 11) is 1.48. The number of hydrogen-bond acceptors (Lipinski definition) is 3. The first-order valence-electron chi connectivity index (χ1n) is 5.83. The van der Waals surface area contributed by atoms with Crippen LogP contribution in [-0.4, -0.2) is 9.78 Å². The van der Waals surface area contributed by atoms with Crippen LogP contribution in [0.5, 0.6) is 0 Å². The average molecular weight is 300 g/mol. The maximum Gasteiger partial charge on any atom is 0.287 e. The van der Waals surface area contributed by atoms with Gasteiger partial charge in [-0.15, -0.1) is 0 Å². The predicted octanol–water partition coefficient (Wildman–Crippen LogP) is 2.89. The van der Waals surface area contributed by atoms with E-state index in [0.29, 0.717) is 11.3 Å². The van der Waals surface area contributed by atoms with E-state index in [9.17, 15) is 13.6 Å². The first-order chi connectivity index (χ1) is 9.40. The highest BCUT2D eigenvalue weighted by molar-refractivity contribution is 6.32. The Balaban J connectivity index is 2.28. The van der Waals surface area contributed by atoms with Gasteiger partial charge in [-0.25, -0.2) is 13.5 Å². The van der Waals surface area contributed by atoms with Crippen molar-refractivity contribution in [2.45, 2.75) is 13.0 Å². The number of benzene rings is 1. The molecular formula is C13H12ClF2N3O. The van der Waals surface area contributed by atoms with E-state index in [1.165, 1.54) is 19.3 Å². The van der Waals surface area contributed by atoms with Gasteiger partial charge in [0.15, 0.2) is 11.6 Å². The van der Waals surface area contributed by atoms with Gasteiger partial charge in [0.2, 0.25) is 0 Å². The molecule has 0 spiro atoms. The van der Waals surface area contributed by atoms with E-state index in [1.807, 2.05) is 0 Å². The number of aromatic nitrogens is 2. The molecule has 0 unspecified atom stereocenters. The van der Waals surface area contributed by atoms with Gasteiger partial charge >= 0.3 is 0 Å².